The molecule has 0 saturated heterocycles. The minimum atomic E-state index is -8.63. The fourth-order valence-corrected chi connectivity index (χ4v) is 1.63. The van der Waals surface area contributed by atoms with Gasteiger partial charge >= 0.3 is 47.8 Å². The highest BCUT2D eigenvalue weighted by Crippen LogP contribution is 2.63. The molecule has 1 N–H and O–H groups in total. The average molecular weight is 507 g/mol. The predicted molar refractivity (Wildman–Crippen MR) is 66.7 cm³/mol. The molecule has 0 atom stereocenters. The highest BCUT2D eigenvalue weighted by atomic mass is 32.1. The van der Waals surface area contributed by atoms with Gasteiger partial charge in [0, 0.05) is 0 Å². The van der Waals surface area contributed by atoms with Crippen molar-refractivity contribution < 1.29 is 74.6 Å². The number of rotatable bonds is 8. The lowest BCUT2D eigenvalue weighted by Gasteiger charge is -2.42. The Morgan fingerprint density at radius 1 is 0.533 bits per heavy atom. The first-order chi connectivity index (χ1) is 12.7. The van der Waals surface area contributed by atoms with Crippen LogP contribution in [0.1, 0.15) is 13.3 Å². The van der Waals surface area contributed by atoms with E-state index >= 15 is 0 Å². The number of thiocarbonyl (C=S) groups is 1. The maximum atomic E-state index is 13.3. The zero-order valence-corrected chi connectivity index (χ0v) is 14.4. The molecule has 0 heterocycles. The third-order valence-electron chi connectivity index (χ3n) is 3.34. The van der Waals surface area contributed by atoms with Gasteiger partial charge in [-0.2, -0.15) is 74.6 Å². The summed E-state index contributed by atoms with van der Waals surface area (Å²) in [6, 6.07) is -6.68. The molecule has 0 spiro atoms. The van der Waals surface area contributed by atoms with Crippen molar-refractivity contribution in [3.63, 3.8) is 0 Å². The predicted octanol–water partition coefficient (Wildman–Crippen LogP) is 6.28. The summed E-state index contributed by atoms with van der Waals surface area (Å²) in [7, 11) is 0. The zero-order chi connectivity index (χ0) is 25.0. The number of halogens is 17. The molecular weight excluding hydrogens is 501 g/mol. The molecule has 0 aromatic heterocycles. The van der Waals surface area contributed by atoms with E-state index in [0.717, 1.165) is 6.92 Å². The topological polar surface area (TPSA) is 12.0 Å². The molecule has 0 aromatic rings. The van der Waals surface area contributed by atoms with Gasteiger partial charge in [-0.1, -0.05) is 19.1 Å². The normalized spacial score (nSPS) is 15.9. The fraction of sp³-hybridized carbons (Fsp3) is 0.909. The van der Waals surface area contributed by atoms with Gasteiger partial charge in [0.15, 0.2) is 0 Å². The van der Waals surface area contributed by atoms with E-state index in [4.69, 9.17) is 0 Å². The van der Waals surface area contributed by atoms with Crippen molar-refractivity contribution in [2.75, 3.05) is 0 Å². The summed E-state index contributed by atoms with van der Waals surface area (Å²) in [5.74, 6) is -50.0. The van der Waals surface area contributed by atoms with Crippen molar-refractivity contribution in [3.05, 3.63) is 0 Å². The second kappa shape index (κ2) is 7.39. The number of alkyl halides is 17. The molecule has 30 heavy (non-hydrogen) atoms. The molecule has 0 aliphatic heterocycles. The van der Waals surface area contributed by atoms with Crippen LogP contribution >= 0.6 is 12.2 Å². The average Bonchev–Trinajstić information content (AvgIpc) is 2.51. The van der Waals surface area contributed by atoms with Crippen LogP contribution < -0.4 is 5.32 Å². The van der Waals surface area contributed by atoms with E-state index < -0.39 is 59.2 Å². The Bertz CT molecular complexity index is 649. The first-order valence-electron chi connectivity index (χ1n) is 6.73. The van der Waals surface area contributed by atoms with Crippen LogP contribution in [0, 0.1) is 0 Å². The minimum absolute atomic E-state index is 0.0433. The second-order valence-electron chi connectivity index (χ2n) is 5.42. The summed E-state index contributed by atoms with van der Waals surface area (Å²) < 4.78 is 219. The van der Waals surface area contributed by atoms with Crippen LogP contribution in [-0.4, -0.2) is 52.7 Å². The summed E-state index contributed by atoms with van der Waals surface area (Å²) in [4.78, 5) is -1.46. The van der Waals surface area contributed by atoms with Crippen LogP contribution in [-0.2, 0) is 0 Å². The number of nitrogens with one attached hydrogen (secondary N) is 1. The van der Waals surface area contributed by atoms with E-state index in [0.29, 0.717) is 0 Å². The van der Waals surface area contributed by atoms with Gasteiger partial charge in [-0.3, -0.25) is 0 Å². The maximum absolute atomic E-state index is 13.3. The lowest BCUT2D eigenvalue weighted by molar-refractivity contribution is -0.462. The van der Waals surface area contributed by atoms with Gasteiger partial charge in [0.2, 0.25) is 0 Å². The van der Waals surface area contributed by atoms with Gasteiger partial charge in [-0.15, -0.1) is 0 Å². The van der Waals surface area contributed by atoms with Gasteiger partial charge in [0.25, 0.3) is 0 Å². The number of hydrogen-bond donors (Lipinski definition) is 1. The van der Waals surface area contributed by atoms with Crippen LogP contribution in [0.15, 0.2) is 0 Å². The minimum Gasteiger partial charge on any atom is -0.316 e. The molecule has 0 radical (unpaired) electrons. The molecule has 180 valence electrons. The Kier molecular flexibility index (Phi) is 7.07. The molecule has 0 bridgehead atoms. The Hall–Kier alpha value is -1.30. The lowest BCUT2D eigenvalue weighted by atomic mass is 9.90. The summed E-state index contributed by atoms with van der Waals surface area (Å²) in [5, 5.41) is 0.0433. The van der Waals surface area contributed by atoms with Crippen LogP contribution in [0.2, 0.25) is 0 Å². The summed E-state index contributed by atoms with van der Waals surface area (Å²) in [5.41, 5.74) is 0. The van der Waals surface area contributed by atoms with Crippen molar-refractivity contribution in [1.29, 1.82) is 0 Å². The van der Waals surface area contributed by atoms with Gasteiger partial charge < -0.3 is 5.32 Å². The largest absolute Gasteiger partial charge is 0.460 e. The number of hydrogen-bond acceptors (Lipinski definition) is 1. The Morgan fingerprint density at radius 2 is 0.800 bits per heavy atom. The van der Waals surface area contributed by atoms with Crippen molar-refractivity contribution in [2.24, 2.45) is 0 Å². The van der Waals surface area contributed by atoms with Crippen molar-refractivity contribution >= 4 is 17.2 Å². The van der Waals surface area contributed by atoms with Gasteiger partial charge in [0.05, 0.1) is 4.99 Å². The van der Waals surface area contributed by atoms with Crippen molar-refractivity contribution in [1.82, 2.24) is 5.32 Å². The van der Waals surface area contributed by atoms with E-state index in [1.807, 2.05) is 0 Å². The molecular formula is C11H6F17NS. The monoisotopic (exact) mass is 507 g/mol. The van der Waals surface area contributed by atoms with Crippen LogP contribution in [0.3, 0.4) is 0 Å². The molecule has 0 aliphatic rings. The summed E-state index contributed by atoms with van der Waals surface area (Å²) in [6.45, 7) is 0.810. The van der Waals surface area contributed by atoms with Gasteiger partial charge in [-0.05, 0) is 6.42 Å². The molecule has 0 fully saturated rings. The molecule has 0 amide bonds. The third kappa shape index (κ3) is 3.74. The first-order valence-corrected chi connectivity index (χ1v) is 7.14. The molecule has 0 unspecified atom stereocenters. The molecule has 0 aliphatic carbocycles. The van der Waals surface area contributed by atoms with Gasteiger partial charge in [0.1, 0.15) is 0 Å². The van der Waals surface area contributed by atoms with E-state index in [1.165, 1.54) is 0 Å². The fourth-order valence-electron chi connectivity index (χ4n) is 1.51. The summed E-state index contributed by atoms with van der Waals surface area (Å²) in [6.07, 6.45) is -8.62. The molecule has 1 nitrogen and oxygen atoms in total. The highest BCUT2D eigenvalue weighted by Gasteiger charge is 2.95. The molecule has 0 aromatic carbocycles. The van der Waals surface area contributed by atoms with E-state index in [2.05, 4.69) is 12.2 Å². The van der Waals surface area contributed by atoms with Crippen LogP contribution in [0.4, 0.5) is 74.6 Å². The molecule has 0 rings (SSSR count). The van der Waals surface area contributed by atoms with Crippen LogP contribution in [0.5, 0.6) is 0 Å². The second-order valence-corrected chi connectivity index (χ2v) is 5.91. The Morgan fingerprint density at radius 3 is 1.07 bits per heavy atom. The third-order valence-corrected chi connectivity index (χ3v) is 3.73. The summed E-state index contributed by atoms with van der Waals surface area (Å²) >= 11 is 3.86. The lowest BCUT2D eigenvalue weighted by Crippen LogP contribution is -2.75. The quantitative estimate of drug-likeness (QED) is 0.236. The van der Waals surface area contributed by atoms with E-state index in [-0.39, 0.29) is 5.32 Å². The smallest absolute Gasteiger partial charge is 0.316 e. The zero-order valence-electron chi connectivity index (χ0n) is 13.5. The Labute approximate surface area is 159 Å². The Balaban J connectivity index is 6.66. The first kappa shape index (κ1) is 28.7. The van der Waals surface area contributed by atoms with Gasteiger partial charge in [-0.25, -0.2) is 0 Å². The maximum Gasteiger partial charge on any atom is 0.460 e. The van der Waals surface area contributed by atoms with Crippen molar-refractivity contribution in [3.8, 4) is 0 Å². The molecule has 19 heteroatoms. The standard InChI is InChI=1S/C11H6F17NS/c1-2-3(30)29-11(27,28)9(22,23)7(18,19)5(14,15)4(12,13)6(16,17)8(20,21)10(24,25)26/h2H2,1H3,(H,29,30). The van der Waals surface area contributed by atoms with E-state index in [9.17, 15) is 74.6 Å². The molecule has 0 saturated carbocycles. The van der Waals surface area contributed by atoms with Crippen LogP contribution in [0.25, 0.3) is 0 Å². The highest BCUT2D eigenvalue weighted by molar-refractivity contribution is 7.80. The van der Waals surface area contributed by atoms with E-state index in [1.54, 1.807) is 0 Å². The SMILES string of the molecule is CCC(=S)NC(F)(F)C(F)(F)C(F)(F)C(F)(F)C(F)(F)C(F)(F)C(F)(F)C(F)(F)F. The van der Waals surface area contributed by atoms with Crippen molar-refractivity contribution in [2.45, 2.75) is 61.1 Å².